The minimum absolute atomic E-state index is 0.0743. The molecule has 2 aliphatic rings. The van der Waals surface area contributed by atoms with Crippen LogP contribution in [0.2, 0.25) is 0 Å². The van der Waals surface area contributed by atoms with Crippen LogP contribution in [0.1, 0.15) is 71.8 Å². The first kappa shape index (κ1) is 28.1. The first-order chi connectivity index (χ1) is 18.0. The van der Waals surface area contributed by atoms with Gasteiger partial charge < -0.3 is 19.3 Å². The molecule has 0 spiro atoms. The maximum Gasteiger partial charge on any atom is 0.311 e. The Kier molecular flexibility index (Phi) is 8.17. The lowest BCUT2D eigenvalue weighted by Gasteiger charge is -2.59. The Balaban J connectivity index is 1.65. The first-order valence-corrected chi connectivity index (χ1v) is 13.6. The van der Waals surface area contributed by atoms with Gasteiger partial charge in [0.25, 0.3) is 0 Å². The largest absolute Gasteiger partial charge is 0.469 e. The van der Waals surface area contributed by atoms with E-state index in [1.54, 1.807) is 12.1 Å². The highest BCUT2D eigenvalue weighted by Crippen LogP contribution is 2.62. The van der Waals surface area contributed by atoms with Crippen molar-refractivity contribution < 1.29 is 33.7 Å². The summed E-state index contributed by atoms with van der Waals surface area (Å²) < 4.78 is 16.1. The van der Waals surface area contributed by atoms with E-state index in [9.17, 15) is 19.5 Å². The molecule has 0 heterocycles. The minimum Gasteiger partial charge on any atom is -0.469 e. The minimum atomic E-state index is -0.505. The molecule has 0 radical (unpaired) electrons. The van der Waals surface area contributed by atoms with Crippen molar-refractivity contribution in [3.05, 3.63) is 35.9 Å². The molecule has 0 unspecified atom stereocenters. The average Bonchev–Trinajstić information content (AvgIpc) is 2.87. The molecule has 7 nitrogen and oxygen atoms in total. The number of aliphatic hydroxyl groups excluding tert-OH is 1. The fraction of sp³-hybridized carbons (Fsp3) is 0.581. The van der Waals surface area contributed by atoms with Crippen LogP contribution in [0.5, 0.6) is 11.5 Å². The topological polar surface area (TPSA) is 99.1 Å². The zero-order valence-corrected chi connectivity index (χ0v) is 23.2. The maximum absolute atomic E-state index is 12.9. The van der Waals surface area contributed by atoms with Crippen molar-refractivity contribution in [1.29, 1.82) is 0 Å². The van der Waals surface area contributed by atoms with E-state index >= 15 is 0 Å². The van der Waals surface area contributed by atoms with Crippen molar-refractivity contribution in [1.82, 2.24) is 0 Å². The van der Waals surface area contributed by atoms with Crippen LogP contribution in [0.3, 0.4) is 0 Å². The molecule has 0 amide bonds. The summed E-state index contributed by atoms with van der Waals surface area (Å²) in [6.45, 7) is 7.23. The predicted molar refractivity (Wildman–Crippen MR) is 144 cm³/mol. The van der Waals surface area contributed by atoms with Gasteiger partial charge in [0.05, 0.1) is 12.5 Å². The number of methoxy groups -OCH3 is 1. The molecule has 206 valence electrons. The van der Waals surface area contributed by atoms with Crippen molar-refractivity contribution in [2.45, 2.75) is 72.6 Å². The van der Waals surface area contributed by atoms with E-state index in [1.807, 2.05) is 18.2 Å². The van der Waals surface area contributed by atoms with Crippen LogP contribution in [-0.2, 0) is 25.5 Å². The zero-order valence-electron chi connectivity index (χ0n) is 23.2. The second-order valence-corrected chi connectivity index (χ2v) is 11.6. The standard InChI is InChI=1S/C31H40O7/c1-19(33)37-26-12-13-27(38-20(2)34)24-17-21(7-10-23(24)26)8-11-25-22(18-32)9-14-28-30(25,3)15-6-16-31(28,4)29(35)36-5/h7,10,12-13,17,22,25,28,32H,6,8-9,11,14-16,18H2,1-5H3/t22-,25+,28-,30-,31+/m1/s1. The summed E-state index contributed by atoms with van der Waals surface area (Å²) in [5, 5.41) is 11.7. The lowest BCUT2D eigenvalue weighted by atomic mass is 9.45. The number of rotatable bonds is 7. The molecule has 5 atom stereocenters. The van der Waals surface area contributed by atoms with Crippen LogP contribution in [0.4, 0.5) is 0 Å². The molecular weight excluding hydrogens is 484 g/mol. The molecule has 0 aliphatic heterocycles. The molecule has 0 aromatic heterocycles. The van der Waals surface area contributed by atoms with Crippen molar-refractivity contribution in [3.8, 4) is 11.5 Å². The molecule has 2 fully saturated rings. The van der Waals surface area contributed by atoms with Crippen molar-refractivity contribution >= 4 is 28.7 Å². The molecule has 2 aromatic rings. The SMILES string of the molecule is COC(=O)[C@@]1(C)CCC[C@@]2(C)[C@H]1CC[C@H](CO)[C@@H]2CCc1ccc2c(OC(C)=O)ccc(OC(C)=O)c2c1. The summed E-state index contributed by atoms with van der Waals surface area (Å²) in [7, 11) is 1.48. The van der Waals surface area contributed by atoms with E-state index in [0.29, 0.717) is 22.3 Å². The number of esters is 3. The molecule has 1 N–H and O–H groups in total. The molecular formula is C31H40O7. The second kappa shape index (κ2) is 11.0. The fourth-order valence-electron chi connectivity index (χ4n) is 7.69. The molecule has 2 aliphatic carbocycles. The van der Waals surface area contributed by atoms with Crippen LogP contribution in [0, 0.1) is 28.6 Å². The average molecular weight is 525 g/mol. The fourth-order valence-corrected chi connectivity index (χ4v) is 7.69. The van der Waals surface area contributed by atoms with Gasteiger partial charge in [-0.05, 0) is 92.4 Å². The Morgan fingerprint density at radius 2 is 1.61 bits per heavy atom. The van der Waals surface area contributed by atoms with E-state index in [2.05, 4.69) is 13.8 Å². The number of aliphatic hydroxyl groups is 1. The second-order valence-electron chi connectivity index (χ2n) is 11.6. The maximum atomic E-state index is 12.9. The number of aryl methyl sites for hydroxylation is 1. The molecule has 38 heavy (non-hydrogen) atoms. The highest BCUT2D eigenvalue weighted by molar-refractivity contribution is 5.96. The lowest BCUT2D eigenvalue weighted by Crippen LogP contribution is -2.55. The van der Waals surface area contributed by atoms with Crippen molar-refractivity contribution in [2.75, 3.05) is 13.7 Å². The van der Waals surface area contributed by atoms with Crippen LogP contribution in [0.15, 0.2) is 30.3 Å². The number of benzene rings is 2. The molecule has 0 bridgehead atoms. The highest BCUT2D eigenvalue weighted by Gasteiger charge is 2.58. The summed E-state index contributed by atoms with van der Waals surface area (Å²) in [6, 6.07) is 9.20. The van der Waals surface area contributed by atoms with Crippen LogP contribution in [-0.4, -0.2) is 36.7 Å². The molecule has 7 heteroatoms. The van der Waals surface area contributed by atoms with E-state index in [1.165, 1.54) is 21.0 Å². The van der Waals surface area contributed by atoms with Crippen LogP contribution in [0.25, 0.3) is 10.8 Å². The van der Waals surface area contributed by atoms with Crippen molar-refractivity contribution in [3.63, 3.8) is 0 Å². The van der Waals surface area contributed by atoms with Gasteiger partial charge in [0.1, 0.15) is 11.5 Å². The Labute approximate surface area is 224 Å². The smallest absolute Gasteiger partial charge is 0.311 e. The van der Waals surface area contributed by atoms with Gasteiger partial charge in [0.2, 0.25) is 0 Å². The van der Waals surface area contributed by atoms with Gasteiger partial charge >= 0.3 is 17.9 Å². The summed E-state index contributed by atoms with van der Waals surface area (Å²) in [4.78, 5) is 36.3. The quantitative estimate of drug-likeness (QED) is 0.370. The van der Waals surface area contributed by atoms with Crippen LogP contribution >= 0.6 is 0 Å². The summed E-state index contributed by atoms with van der Waals surface area (Å²) in [5.74, 6) is 0.530. The number of hydrogen-bond acceptors (Lipinski definition) is 7. The number of carbonyl (C=O) groups excluding carboxylic acids is 3. The summed E-state index contributed by atoms with van der Waals surface area (Å²) in [5.41, 5.74) is 0.490. The Hall–Kier alpha value is -2.93. The number of ether oxygens (including phenoxy) is 3. The third kappa shape index (κ3) is 5.18. The summed E-state index contributed by atoms with van der Waals surface area (Å²) in [6.07, 6.45) is 6.29. The monoisotopic (exact) mass is 524 g/mol. The van der Waals surface area contributed by atoms with E-state index in [0.717, 1.165) is 50.5 Å². The summed E-state index contributed by atoms with van der Waals surface area (Å²) >= 11 is 0. The van der Waals surface area contributed by atoms with Gasteiger partial charge in [-0.2, -0.15) is 0 Å². The third-order valence-electron chi connectivity index (χ3n) is 9.36. The van der Waals surface area contributed by atoms with E-state index < -0.39 is 17.4 Å². The molecule has 2 aromatic carbocycles. The Bertz CT molecular complexity index is 1220. The Morgan fingerprint density at radius 1 is 0.947 bits per heavy atom. The number of hydrogen-bond donors (Lipinski definition) is 1. The number of fused-ring (bicyclic) bond motifs is 2. The van der Waals surface area contributed by atoms with E-state index in [4.69, 9.17) is 14.2 Å². The molecule has 2 saturated carbocycles. The predicted octanol–water partition coefficient (Wildman–Crippen LogP) is 5.63. The normalized spacial score (nSPS) is 28.8. The van der Waals surface area contributed by atoms with E-state index in [-0.39, 0.29) is 35.7 Å². The van der Waals surface area contributed by atoms with Gasteiger partial charge in [0, 0.05) is 31.2 Å². The molecule has 4 rings (SSSR count). The lowest BCUT2D eigenvalue weighted by molar-refractivity contribution is -0.174. The van der Waals surface area contributed by atoms with Gasteiger partial charge in [-0.3, -0.25) is 14.4 Å². The van der Waals surface area contributed by atoms with Gasteiger partial charge in [0.15, 0.2) is 0 Å². The van der Waals surface area contributed by atoms with Crippen LogP contribution < -0.4 is 9.47 Å². The Morgan fingerprint density at radius 3 is 2.21 bits per heavy atom. The highest BCUT2D eigenvalue weighted by atomic mass is 16.5. The van der Waals surface area contributed by atoms with Gasteiger partial charge in [-0.25, -0.2) is 0 Å². The number of carbonyl (C=O) groups is 3. The van der Waals surface area contributed by atoms with Gasteiger partial charge in [-0.15, -0.1) is 0 Å². The van der Waals surface area contributed by atoms with Gasteiger partial charge in [-0.1, -0.05) is 25.5 Å². The third-order valence-corrected chi connectivity index (χ3v) is 9.36. The van der Waals surface area contributed by atoms with Crippen molar-refractivity contribution in [2.24, 2.45) is 28.6 Å². The zero-order chi connectivity index (χ0) is 27.7. The first-order valence-electron chi connectivity index (χ1n) is 13.6. The molecule has 0 saturated heterocycles.